The SMILES string of the molecule is O=C(NC1(c2ccccc2)CC1)C1NC(c2ccc(F)cc2)=C2C=CC=CN21. The molecule has 1 unspecified atom stereocenters. The third-order valence-electron chi connectivity index (χ3n) is 5.53. The van der Waals surface area contributed by atoms with Gasteiger partial charge in [0.1, 0.15) is 5.82 Å². The number of hydrogen-bond donors (Lipinski definition) is 2. The standard InChI is InChI=1S/C23H20FN3O/c24-18-11-9-16(10-12-18)20-19-8-4-5-15-27(19)21(25-20)22(28)26-23(13-14-23)17-6-2-1-3-7-17/h1-12,15,21,25H,13-14H2,(H,26,28). The second kappa shape index (κ2) is 6.37. The maximum absolute atomic E-state index is 13.3. The van der Waals surface area contributed by atoms with Crippen LogP contribution >= 0.6 is 0 Å². The van der Waals surface area contributed by atoms with E-state index < -0.39 is 6.17 Å². The molecular weight excluding hydrogens is 353 g/mol. The monoisotopic (exact) mass is 373 g/mol. The summed E-state index contributed by atoms with van der Waals surface area (Å²) >= 11 is 0. The van der Waals surface area contributed by atoms with E-state index in [1.54, 1.807) is 12.1 Å². The number of halogens is 1. The van der Waals surface area contributed by atoms with Gasteiger partial charge in [0.05, 0.1) is 16.9 Å². The predicted molar refractivity (Wildman–Crippen MR) is 106 cm³/mol. The number of allylic oxidation sites excluding steroid dienone is 3. The highest BCUT2D eigenvalue weighted by molar-refractivity contribution is 5.88. The van der Waals surface area contributed by atoms with Crippen molar-refractivity contribution in [1.29, 1.82) is 0 Å². The van der Waals surface area contributed by atoms with Gasteiger partial charge in [-0.1, -0.05) is 36.4 Å². The van der Waals surface area contributed by atoms with Crippen molar-refractivity contribution in [1.82, 2.24) is 15.5 Å². The second-order valence-electron chi connectivity index (χ2n) is 7.36. The number of benzene rings is 2. The lowest BCUT2D eigenvalue weighted by Crippen LogP contribution is -2.51. The Balaban J connectivity index is 1.41. The van der Waals surface area contributed by atoms with Crippen LogP contribution in [0.1, 0.15) is 24.0 Å². The highest BCUT2D eigenvalue weighted by Crippen LogP contribution is 2.45. The van der Waals surface area contributed by atoms with Gasteiger partial charge in [0.15, 0.2) is 6.17 Å². The van der Waals surface area contributed by atoms with E-state index in [4.69, 9.17) is 0 Å². The van der Waals surface area contributed by atoms with Gasteiger partial charge in [-0.2, -0.15) is 0 Å². The number of hydrogen-bond acceptors (Lipinski definition) is 3. The smallest absolute Gasteiger partial charge is 0.264 e. The Hall–Kier alpha value is -3.34. The van der Waals surface area contributed by atoms with Gasteiger partial charge in [-0.25, -0.2) is 4.39 Å². The minimum atomic E-state index is -0.544. The van der Waals surface area contributed by atoms with Gasteiger partial charge in [0.25, 0.3) is 5.91 Å². The topological polar surface area (TPSA) is 44.4 Å². The molecule has 0 radical (unpaired) electrons. The van der Waals surface area contributed by atoms with E-state index in [0.29, 0.717) is 0 Å². The molecule has 0 aromatic heterocycles. The van der Waals surface area contributed by atoms with E-state index in [0.717, 1.165) is 35.4 Å². The molecule has 2 heterocycles. The van der Waals surface area contributed by atoms with Crippen LogP contribution in [0.15, 0.2) is 84.7 Å². The van der Waals surface area contributed by atoms with E-state index in [1.165, 1.54) is 12.1 Å². The fourth-order valence-corrected chi connectivity index (χ4v) is 3.89. The summed E-state index contributed by atoms with van der Waals surface area (Å²) in [5.74, 6) is -0.355. The third kappa shape index (κ3) is 2.80. The van der Waals surface area contributed by atoms with Crippen molar-refractivity contribution in [3.63, 3.8) is 0 Å². The molecule has 140 valence electrons. The molecule has 0 spiro atoms. The van der Waals surface area contributed by atoms with Gasteiger partial charge in [-0.15, -0.1) is 0 Å². The maximum Gasteiger partial charge on any atom is 0.264 e. The summed E-state index contributed by atoms with van der Waals surface area (Å²) in [6.07, 6.45) is 9.03. The van der Waals surface area contributed by atoms with Gasteiger partial charge in [0.2, 0.25) is 0 Å². The van der Waals surface area contributed by atoms with E-state index in [1.807, 2.05) is 47.5 Å². The molecule has 1 saturated carbocycles. The first kappa shape index (κ1) is 16.8. The van der Waals surface area contributed by atoms with Gasteiger partial charge in [0, 0.05) is 6.20 Å². The minimum Gasteiger partial charge on any atom is -0.355 e. The molecule has 1 aliphatic carbocycles. The third-order valence-corrected chi connectivity index (χ3v) is 5.53. The lowest BCUT2D eigenvalue weighted by molar-refractivity contribution is -0.126. The minimum absolute atomic E-state index is 0.0732. The normalized spacial score (nSPS) is 21.3. The molecule has 2 N–H and O–H groups in total. The number of carbonyl (C=O) groups excluding carboxylic acids is 1. The average Bonchev–Trinajstić information content (AvgIpc) is 3.41. The van der Waals surface area contributed by atoms with Crippen LogP contribution in [-0.4, -0.2) is 17.0 Å². The van der Waals surface area contributed by atoms with Crippen molar-refractivity contribution in [2.45, 2.75) is 24.5 Å². The Bertz CT molecular complexity index is 1000. The van der Waals surface area contributed by atoms with Gasteiger partial charge in [-0.05, 0) is 60.4 Å². The van der Waals surface area contributed by atoms with Crippen LogP contribution < -0.4 is 10.6 Å². The molecule has 3 aliphatic rings. The molecule has 0 bridgehead atoms. The van der Waals surface area contributed by atoms with Crippen molar-refractivity contribution < 1.29 is 9.18 Å². The first-order valence-electron chi connectivity index (χ1n) is 9.44. The molecule has 1 atom stereocenters. The zero-order valence-electron chi connectivity index (χ0n) is 15.2. The zero-order valence-corrected chi connectivity index (χ0v) is 15.2. The number of amides is 1. The van der Waals surface area contributed by atoms with Crippen LogP contribution in [0, 0.1) is 5.82 Å². The molecule has 5 heteroatoms. The fourth-order valence-electron chi connectivity index (χ4n) is 3.89. The van der Waals surface area contributed by atoms with E-state index in [2.05, 4.69) is 22.8 Å². The Morgan fingerprint density at radius 2 is 1.82 bits per heavy atom. The van der Waals surface area contributed by atoms with Crippen molar-refractivity contribution in [3.05, 3.63) is 102 Å². The van der Waals surface area contributed by atoms with Crippen LogP contribution in [0.3, 0.4) is 0 Å². The summed E-state index contributed by atoms with van der Waals surface area (Å²) in [6, 6.07) is 16.4. The zero-order chi connectivity index (χ0) is 19.1. The van der Waals surface area contributed by atoms with Crippen molar-refractivity contribution in [3.8, 4) is 0 Å². The number of carbonyl (C=O) groups is 1. The fraction of sp³-hybridized carbons (Fsp3) is 0.174. The van der Waals surface area contributed by atoms with Crippen LogP contribution in [0.5, 0.6) is 0 Å². The van der Waals surface area contributed by atoms with Crippen molar-refractivity contribution in [2.75, 3.05) is 0 Å². The second-order valence-corrected chi connectivity index (χ2v) is 7.36. The molecule has 0 saturated heterocycles. The average molecular weight is 373 g/mol. The van der Waals surface area contributed by atoms with Crippen LogP contribution in [0.25, 0.3) is 5.70 Å². The molecule has 1 amide bonds. The van der Waals surface area contributed by atoms with Gasteiger partial charge < -0.3 is 15.5 Å². The van der Waals surface area contributed by atoms with E-state index in [-0.39, 0.29) is 17.3 Å². The Labute approximate surface area is 163 Å². The highest BCUT2D eigenvalue weighted by Gasteiger charge is 2.48. The van der Waals surface area contributed by atoms with Gasteiger partial charge in [-0.3, -0.25) is 4.79 Å². The predicted octanol–water partition coefficient (Wildman–Crippen LogP) is 3.61. The van der Waals surface area contributed by atoms with Crippen LogP contribution in [-0.2, 0) is 10.3 Å². The summed E-state index contributed by atoms with van der Waals surface area (Å²) in [5.41, 5.74) is 3.45. The van der Waals surface area contributed by atoms with E-state index >= 15 is 0 Å². The molecular formula is C23H20FN3O. The molecule has 2 aromatic rings. The van der Waals surface area contributed by atoms with Crippen LogP contribution in [0.4, 0.5) is 4.39 Å². The summed E-state index contributed by atoms with van der Waals surface area (Å²) in [7, 11) is 0. The Morgan fingerprint density at radius 3 is 2.54 bits per heavy atom. The highest BCUT2D eigenvalue weighted by atomic mass is 19.1. The Morgan fingerprint density at radius 1 is 1.07 bits per heavy atom. The number of nitrogens with one attached hydrogen (secondary N) is 2. The molecule has 28 heavy (non-hydrogen) atoms. The van der Waals surface area contributed by atoms with Crippen molar-refractivity contribution >= 4 is 11.6 Å². The summed E-state index contributed by atoms with van der Waals surface area (Å²) in [6.45, 7) is 0. The summed E-state index contributed by atoms with van der Waals surface area (Å²) < 4.78 is 13.3. The molecule has 4 nitrogen and oxygen atoms in total. The number of nitrogens with zero attached hydrogens (tertiary/aromatic N) is 1. The molecule has 1 fully saturated rings. The molecule has 2 aromatic carbocycles. The number of rotatable bonds is 4. The lowest BCUT2D eigenvalue weighted by Gasteiger charge is -2.27. The number of fused-ring (bicyclic) bond motifs is 1. The van der Waals surface area contributed by atoms with Gasteiger partial charge >= 0.3 is 0 Å². The van der Waals surface area contributed by atoms with Crippen LogP contribution in [0.2, 0.25) is 0 Å². The first-order chi connectivity index (χ1) is 13.7. The Kier molecular flexibility index (Phi) is 3.83. The molecule has 5 rings (SSSR count). The quantitative estimate of drug-likeness (QED) is 0.861. The lowest BCUT2D eigenvalue weighted by atomic mass is 10.0. The largest absolute Gasteiger partial charge is 0.355 e. The van der Waals surface area contributed by atoms with Crippen molar-refractivity contribution in [2.24, 2.45) is 0 Å². The van der Waals surface area contributed by atoms with E-state index in [9.17, 15) is 9.18 Å². The molecule has 2 aliphatic heterocycles. The summed E-state index contributed by atoms with van der Waals surface area (Å²) in [5, 5.41) is 6.59. The first-order valence-corrected chi connectivity index (χ1v) is 9.44. The summed E-state index contributed by atoms with van der Waals surface area (Å²) in [4.78, 5) is 15.1. The maximum atomic E-state index is 13.3.